The van der Waals surface area contributed by atoms with Gasteiger partial charge in [-0.25, -0.2) is 16.8 Å². The van der Waals surface area contributed by atoms with E-state index in [9.17, 15) is 43.2 Å². The third-order valence-electron chi connectivity index (χ3n) is 5.31. The minimum absolute atomic E-state index is 0.369. The van der Waals surface area contributed by atoms with E-state index in [1.165, 1.54) is 29.5 Å². The van der Waals surface area contributed by atoms with Gasteiger partial charge in [-0.15, -0.1) is 0 Å². The first-order valence-corrected chi connectivity index (χ1v) is 14.5. The van der Waals surface area contributed by atoms with Crippen LogP contribution in [0, 0.1) is 0 Å². The molecule has 0 spiro atoms. The summed E-state index contributed by atoms with van der Waals surface area (Å²) in [7, 11) is -9.34. The predicted octanol–water partition coefficient (Wildman–Crippen LogP) is 7.05. The number of alkyl halides is 6. The standard InChI is InChI=1S/C24H16F6N2O4S3/c25-23(26,27)17-3-1-5-19(12-17)38(33,34)31-21-8-7-15(16-9-10-37-14-16)11-22(21)32-39(35,36)20-6-2-4-18(13-20)24(28,29)30/h1-14,31-32H. The second-order valence-electron chi connectivity index (χ2n) is 8.03. The molecular formula is C24H16F6N2O4S3. The van der Waals surface area contributed by atoms with E-state index in [0.29, 0.717) is 35.4 Å². The molecule has 3 aromatic carbocycles. The third-order valence-corrected chi connectivity index (χ3v) is 8.72. The molecule has 0 amide bonds. The van der Waals surface area contributed by atoms with E-state index in [4.69, 9.17) is 0 Å². The Morgan fingerprint density at radius 3 is 1.56 bits per heavy atom. The highest BCUT2D eigenvalue weighted by molar-refractivity contribution is 7.93. The summed E-state index contributed by atoms with van der Waals surface area (Å²) in [6, 6.07) is 11.4. The van der Waals surface area contributed by atoms with E-state index in [-0.39, 0.29) is 11.4 Å². The number of nitrogens with one attached hydrogen (secondary N) is 2. The largest absolute Gasteiger partial charge is 0.416 e. The molecule has 4 rings (SSSR count). The zero-order chi connectivity index (χ0) is 28.6. The molecule has 0 aliphatic carbocycles. The number of hydrogen-bond acceptors (Lipinski definition) is 5. The van der Waals surface area contributed by atoms with E-state index in [2.05, 4.69) is 9.44 Å². The molecule has 0 saturated heterocycles. The highest BCUT2D eigenvalue weighted by atomic mass is 32.2. The van der Waals surface area contributed by atoms with Gasteiger partial charge in [0.05, 0.1) is 32.3 Å². The van der Waals surface area contributed by atoms with E-state index in [1.54, 1.807) is 16.8 Å². The molecule has 1 heterocycles. The molecule has 0 atom stereocenters. The number of sulfonamides is 2. The van der Waals surface area contributed by atoms with Crippen LogP contribution in [-0.4, -0.2) is 16.8 Å². The molecular weight excluding hydrogens is 590 g/mol. The van der Waals surface area contributed by atoms with E-state index in [0.717, 1.165) is 24.3 Å². The summed E-state index contributed by atoms with van der Waals surface area (Å²) in [5.74, 6) is 0. The quantitative estimate of drug-likeness (QED) is 0.221. The summed E-state index contributed by atoms with van der Waals surface area (Å²) in [6.07, 6.45) is -9.64. The number of hydrogen-bond donors (Lipinski definition) is 2. The van der Waals surface area contributed by atoms with Crippen LogP contribution in [0.1, 0.15) is 11.1 Å². The Kier molecular flexibility index (Phi) is 7.44. The lowest BCUT2D eigenvalue weighted by atomic mass is 10.1. The van der Waals surface area contributed by atoms with Gasteiger partial charge in [0.1, 0.15) is 0 Å². The summed E-state index contributed by atoms with van der Waals surface area (Å²) in [5.41, 5.74) is -2.12. The Morgan fingerprint density at radius 1 is 0.590 bits per heavy atom. The van der Waals surface area contributed by atoms with Gasteiger partial charge in [0.15, 0.2) is 0 Å². The molecule has 1 aromatic heterocycles. The smallest absolute Gasteiger partial charge is 0.277 e. The van der Waals surface area contributed by atoms with Crippen molar-refractivity contribution in [3.8, 4) is 11.1 Å². The topological polar surface area (TPSA) is 92.3 Å². The van der Waals surface area contributed by atoms with Gasteiger partial charge in [-0.1, -0.05) is 18.2 Å². The van der Waals surface area contributed by atoms with E-state index in [1.807, 2.05) is 0 Å². The minimum Gasteiger partial charge on any atom is -0.277 e. The fourth-order valence-corrected chi connectivity index (χ4v) is 6.32. The van der Waals surface area contributed by atoms with E-state index >= 15 is 0 Å². The molecule has 0 radical (unpaired) electrons. The summed E-state index contributed by atoms with van der Waals surface area (Å²) in [4.78, 5) is -1.49. The first kappa shape index (κ1) is 28.4. The van der Waals surface area contributed by atoms with Gasteiger partial charge >= 0.3 is 12.4 Å². The van der Waals surface area contributed by atoms with Gasteiger partial charge < -0.3 is 0 Å². The summed E-state index contributed by atoms with van der Waals surface area (Å²) in [5, 5.41) is 3.44. The second kappa shape index (κ2) is 10.2. The SMILES string of the molecule is O=S(=O)(Nc1ccc(-c2ccsc2)cc1NS(=O)(=O)c1cccc(C(F)(F)F)c1)c1cccc(C(F)(F)F)c1. The van der Waals surface area contributed by atoms with Crippen LogP contribution in [-0.2, 0) is 32.4 Å². The van der Waals surface area contributed by atoms with Crippen molar-refractivity contribution in [2.45, 2.75) is 22.1 Å². The maximum absolute atomic E-state index is 13.1. The Labute approximate surface area is 223 Å². The van der Waals surface area contributed by atoms with Crippen LogP contribution >= 0.6 is 11.3 Å². The minimum atomic E-state index is -4.82. The fourth-order valence-electron chi connectivity index (χ4n) is 3.41. The van der Waals surface area contributed by atoms with Gasteiger partial charge in [0.25, 0.3) is 20.0 Å². The fraction of sp³-hybridized carbons (Fsp3) is 0.0833. The Morgan fingerprint density at radius 2 is 1.10 bits per heavy atom. The number of halogens is 6. The molecule has 15 heteroatoms. The van der Waals surface area contributed by atoms with Crippen LogP contribution < -0.4 is 9.44 Å². The molecule has 206 valence electrons. The van der Waals surface area contributed by atoms with Crippen LogP contribution in [0.3, 0.4) is 0 Å². The first-order chi connectivity index (χ1) is 18.1. The predicted molar refractivity (Wildman–Crippen MR) is 134 cm³/mol. The number of thiophene rings is 1. The highest BCUT2D eigenvalue weighted by Crippen LogP contribution is 2.36. The lowest BCUT2D eigenvalue weighted by Crippen LogP contribution is -2.18. The molecule has 0 unspecified atom stereocenters. The van der Waals surface area contributed by atoms with Gasteiger partial charge in [-0.05, 0) is 76.5 Å². The lowest BCUT2D eigenvalue weighted by molar-refractivity contribution is -0.138. The van der Waals surface area contributed by atoms with Crippen molar-refractivity contribution in [1.82, 2.24) is 0 Å². The molecule has 0 aliphatic rings. The number of anilines is 2. The zero-order valence-corrected chi connectivity index (χ0v) is 21.7. The zero-order valence-electron chi connectivity index (χ0n) is 19.2. The molecule has 6 nitrogen and oxygen atoms in total. The average Bonchev–Trinajstić information content (AvgIpc) is 3.39. The van der Waals surface area contributed by atoms with Crippen LogP contribution in [0.4, 0.5) is 37.7 Å². The lowest BCUT2D eigenvalue weighted by Gasteiger charge is -2.17. The Balaban J connectivity index is 1.77. The van der Waals surface area contributed by atoms with Crippen LogP contribution in [0.5, 0.6) is 0 Å². The van der Waals surface area contributed by atoms with Crippen LogP contribution in [0.15, 0.2) is 93.3 Å². The van der Waals surface area contributed by atoms with E-state index < -0.39 is 53.3 Å². The number of rotatable bonds is 7. The molecule has 0 aliphatic heterocycles. The van der Waals surface area contributed by atoms with Gasteiger partial charge in [0, 0.05) is 0 Å². The van der Waals surface area contributed by atoms with Crippen LogP contribution in [0.25, 0.3) is 11.1 Å². The Hall–Kier alpha value is -3.56. The summed E-state index contributed by atoms with van der Waals surface area (Å²) in [6.45, 7) is 0. The van der Waals surface area contributed by atoms with Crippen molar-refractivity contribution in [2.75, 3.05) is 9.44 Å². The average molecular weight is 607 g/mol. The maximum atomic E-state index is 13.1. The molecule has 4 aromatic rings. The van der Waals surface area contributed by atoms with Crippen molar-refractivity contribution in [1.29, 1.82) is 0 Å². The van der Waals surface area contributed by atoms with Crippen LogP contribution in [0.2, 0.25) is 0 Å². The normalized spacial score (nSPS) is 12.8. The van der Waals surface area contributed by atoms with Crippen molar-refractivity contribution in [3.63, 3.8) is 0 Å². The van der Waals surface area contributed by atoms with Crippen molar-refractivity contribution in [3.05, 3.63) is 94.7 Å². The van der Waals surface area contributed by atoms with Gasteiger partial charge in [0.2, 0.25) is 0 Å². The number of benzene rings is 3. The molecule has 0 fully saturated rings. The Bertz CT molecular complexity index is 1720. The second-order valence-corrected chi connectivity index (χ2v) is 12.2. The van der Waals surface area contributed by atoms with Gasteiger partial charge in [-0.3, -0.25) is 9.44 Å². The van der Waals surface area contributed by atoms with Crippen molar-refractivity contribution >= 4 is 42.8 Å². The van der Waals surface area contributed by atoms with Gasteiger partial charge in [-0.2, -0.15) is 37.7 Å². The maximum Gasteiger partial charge on any atom is 0.416 e. The molecule has 2 N–H and O–H groups in total. The highest BCUT2D eigenvalue weighted by Gasteiger charge is 2.33. The monoisotopic (exact) mass is 606 g/mol. The molecule has 39 heavy (non-hydrogen) atoms. The molecule has 0 saturated carbocycles. The third kappa shape index (κ3) is 6.54. The molecule has 0 bridgehead atoms. The first-order valence-electron chi connectivity index (χ1n) is 10.6. The van der Waals surface area contributed by atoms with Crippen molar-refractivity contribution in [2.24, 2.45) is 0 Å². The summed E-state index contributed by atoms with van der Waals surface area (Å²) >= 11 is 1.32. The van der Waals surface area contributed by atoms with Crippen molar-refractivity contribution < 1.29 is 43.2 Å². The summed E-state index contributed by atoms with van der Waals surface area (Å²) < 4.78 is 135.